The van der Waals surface area contributed by atoms with Crippen molar-refractivity contribution in [2.24, 2.45) is 11.7 Å². The molecular weight excluding hydrogens is 608 g/mol. The number of benzene rings is 1. The van der Waals surface area contributed by atoms with Crippen molar-refractivity contribution in [1.29, 1.82) is 0 Å². The largest absolute Gasteiger partial charge is 0.491 e. The number of thiol groups is 1. The average Bonchev–Trinajstić information content (AvgIpc) is 3.00. The lowest BCUT2D eigenvalue weighted by molar-refractivity contribution is -0.139. The Morgan fingerprint density at radius 2 is 1.89 bits per heavy atom. The van der Waals surface area contributed by atoms with Crippen LogP contribution in [0.4, 0.5) is 5.69 Å². The fourth-order valence-electron chi connectivity index (χ4n) is 4.82. The van der Waals surface area contributed by atoms with Gasteiger partial charge in [-0.1, -0.05) is 25.8 Å². The van der Waals surface area contributed by atoms with Gasteiger partial charge in [0.2, 0.25) is 21.8 Å². The number of unbranched alkanes of at least 4 members (excludes halogenated alkanes) is 2. The van der Waals surface area contributed by atoms with Crippen LogP contribution in [-0.4, -0.2) is 94.2 Å². The second kappa shape index (κ2) is 20.6. The molecule has 0 bridgehead atoms. The van der Waals surface area contributed by atoms with Crippen LogP contribution in [-0.2, 0) is 30.8 Å². The lowest BCUT2D eigenvalue weighted by atomic mass is 9.93. The fraction of sp³-hybridized carbons (Fsp3) is 0.690. The van der Waals surface area contributed by atoms with Crippen LogP contribution in [0.3, 0.4) is 0 Å². The molecule has 1 aromatic rings. The van der Waals surface area contributed by atoms with Crippen LogP contribution in [0.25, 0.3) is 0 Å². The first-order valence-electron chi connectivity index (χ1n) is 15.4. The minimum absolute atomic E-state index is 0.128. The number of carbonyl (C=O) groups excluding carboxylic acids is 2. The van der Waals surface area contributed by atoms with Crippen LogP contribution >= 0.6 is 12.6 Å². The number of anilines is 1. The number of piperidine rings is 1. The number of hydrogen-bond acceptors (Lipinski definition) is 10. The van der Waals surface area contributed by atoms with Gasteiger partial charge in [-0.3, -0.25) is 14.4 Å². The van der Waals surface area contributed by atoms with Crippen molar-refractivity contribution in [1.82, 2.24) is 20.7 Å². The summed E-state index contributed by atoms with van der Waals surface area (Å²) in [6.07, 6.45) is 6.32. The summed E-state index contributed by atoms with van der Waals surface area (Å²) in [5.74, 6) is -0.843. The fourth-order valence-corrected chi connectivity index (χ4v) is 6.52. The van der Waals surface area contributed by atoms with Crippen molar-refractivity contribution < 1.29 is 32.6 Å². The van der Waals surface area contributed by atoms with Gasteiger partial charge in [-0.25, -0.2) is 13.1 Å². The molecule has 1 saturated heterocycles. The first-order chi connectivity index (χ1) is 21.1. The van der Waals surface area contributed by atoms with Crippen LogP contribution in [0.1, 0.15) is 57.4 Å². The van der Waals surface area contributed by atoms with Crippen molar-refractivity contribution in [2.45, 2.75) is 70.4 Å². The van der Waals surface area contributed by atoms with Gasteiger partial charge in [0, 0.05) is 18.8 Å². The van der Waals surface area contributed by atoms with Crippen molar-refractivity contribution in [3.63, 3.8) is 0 Å². The Labute approximate surface area is 266 Å². The summed E-state index contributed by atoms with van der Waals surface area (Å²) in [6, 6.07) is 2.86. The number of carboxylic acids is 1. The van der Waals surface area contributed by atoms with Gasteiger partial charge in [0.05, 0.1) is 30.6 Å². The highest BCUT2D eigenvalue weighted by atomic mass is 32.2. The second-order valence-corrected chi connectivity index (χ2v) is 13.2. The molecule has 1 aliphatic rings. The number of rotatable bonds is 22. The van der Waals surface area contributed by atoms with Crippen LogP contribution in [0.5, 0.6) is 5.75 Å². The van der Waals surface area contributed by atoms with Gasteiger partial charge in [0.15, 0.2) is 0 Å². The number of aliphatic carboxylic acids is 1. The van der Waals surface area contributed by atoms with Gasteiger partial charge in [-0.2, -0.15) is 12.6 Å². The third kappa shape index (κ3) is 14.6. The number of hydrogen-bond donors (Lipinski definition) is 8. The standard InChI is InChI=1S/C29H50N6O7S2/c1-2-3-16-44(40,41)35-24(29(38)39)18-22-7-8-26(42-15-5-4-6-21-9-11-31-12-10-21)23(17-22)34-28(37)25(20-43)32-13-14-33-27(36)19-30/h7-8,17,21,24-25,31-32,35,43H,2-6,9-16,18-20,30H2,1H3,(H,33,36)(H,34,37)(H,38,39). The molecule has 0 saturated carbocycles. The van der Waals surface area contributed by atoms with Gasteiger partial charge >= 0.3 is 5.97 Å². The van der Waals surface area contributed by atoms with E-state index in [1.807, 2.05) is 6.92 Å². The topological polar surface area (TPSA) is 201 Å². The molecular formula is C29H50N6O7S2. The number of ether oxygens (including phenoxy) is 1. The minimum atomic E-state index is -3.78. The second-order valence-electron chi connectivity index (χ2n) is 11.0. The number of carbonyl (C=O) groups is 3. The highest BCUT2D eigenvalue weighted by Gasteiger charge is 2.25. The summed E-state index contributed by atoms with van der Waals surface area (Å²) in [7, 11) is -3.78. The van der Waals surface area contributed by atoms with Gasteiger partial charge in [0.1, 0.15) is 11.8 Å². The third-order valence-electron chi connectivity index (χ3n) is 7.37. The number of carboxylic acid groups (broad SMARTS) is 1. The van der Waals surface area contributed by atoms with E-state index in [4.69, 9.17) is 10.5 Å². The first kappa shape index (κ1) is 37.8. The van der Waals surface area contributed by atoms with E-state index in [-0.39, 0.29) is 36.9 Å². The summed E-state index contributed by atoms with van der Waals surface area (Å²) in [5, 5.41) is 21.6. The highest BCUT2D eigenvalue weighted by Crippen LogP contribution is 2.28. The molecule has 2 amide bonds. The molecule has 2 atom stereocenters. The monoisotopic (exact) mass is 658 g/mol. The number of sulfonamides is 1. The summed E-state index contributed by atoms with van der Waals surface area (Å²) in [6.45, 7) is 4.87. The molecule has 1 aliphatic heterocycles. The normalized spacial score (nSPS) is 15.3. The molecule has 1 aromatic carbocycles. The molecule has 13 nitrogen and oxygen atoms in total. The van der Waals surface area contributed by atoms with E-state index in [9.17, 15) is 27.9 Å². The van der Waals surface area contributed by atoms with E-state index in [1.165, 1.54) is 12.8 Å². The van der Waals surface area contributed by atoms with Crippen molar-refractivity contribution in [3.8, 4) is 5.75 Å². The number of nitrogens with one attached hydrogen (secondary N) is 5. The molecule has 2 rings (SSSR count). The minimum Gasteiger partial charge on any atom is -0.491 e. The Bertz CT molecular complexity index is 1150. The van der Waals surface area contributed by atoms with E-state index in [0.717, 1.165) is 38.3 Å². The van der Waals surface area contributed by atoms with E-state index in [0.29, 0.717) is 43.0 Å². The maximum atomic E-state index is 13.2. The summed E-state index contributed by atoms with van der Waals surface area (Å²) < 4.78 is 33.2. The predicted molar refractivity (Wildman–Crippen MR) is 175 cm³/mol. The van der Waals surface area contributed by atoms with E-state index in [1.54, 1.807) is 18.2 Å². The molecule has 1 fully saturated rings. The average molecular weight is 659 g/mol. The van der Waals surface area contributed by atoms with Crippen LogP contribution in [0.2, 0.25) is 0 Å². The highest BCUT2D eigenvalue weighted by molar-refractivity contribution is 7.89. The Hall–Kier alpha value is -2.43. The summed E-state index contributed by atoms with van der Waals surface area (Å²) >= 11 is 4.29. The van der Waals surface area contributed by atoms with E-state index < -0.39 is 34.0 Å². The zero-order chi connectivity index (χ0) is 32.4. The van der Waals surface area contributed by atoms with Gasteiger partial charge < -0.3 is 36.8 Å². The zero-order valence-corrected chi connectivity index (χ0v) is 27.3. The van der Waals surface area contributed by atoms with Crippen molar-refractivity contribution >= 4 is 46.1 Å². The molecule has 0 aliphatic carbocycles. The molecule has 250 valence electrons. The Balaban J connectivity index is 2.13. The van der Waals surface area contributed by atoms with Crippen molar-refractivity contribution in [2.75, 3.05) is 56.2 Å². The molecule has 0 radical (unpaired) electrons. The molecule has 0 aromatic heterocycles. The van der Waals surface area contributed by atoms with Crippen LogP contribution < -0.4 is 36.5 Å². The quantitative estimate of drug-likeness (QED) is 0.0652. The van der Waals surface area contributed by atoms with Crippen LogP contribution in [0, 0.1) is 5.92 Å². The van der Waals surface area contributed by atoms with Gasteiger partial charge in [-0.15, -0.1) is 0 Å². The number of amides is 2. The van der Waals surface area contributed by atoms with Crippen LogP contribution in [0.15, 0.2) is 18.2 Å². The molecule has 1 heterocycles. The summed E-state index contributed by atoms with van der Waals surface area (Å²) in [4.78, 5) is 36.5. The van der Waals surface area contributed by atoms with Crippen molar-refractivity contribution in [3.05, 3.63) is 23.8 Å². The molecule has 0 spiro atoms. The molecule has 15 heteroatoms. The first-order valence-corrected chi connectivity index (χ1v) is 17.7. The van der Waals surface area contributed by atoms with E-state index in [2.05, 4.69) is 38.6 Å². The smallest absolute Gasteiger partial charge is 0.322 e. The molecule has 8 N–H and O–H groups in total. The SMILES string of the molecule is CCCCS(=O)(=O)NC(Cc1ccc(OCCCCC2CCNCC2)c(NC(=O)C(CS)NCCNC(=O)CN)c1)C(=O)O. The third-order valence-corrected chi connectivity index (χ3v) is 9.21. The number of nitrogens with two attached hydrogens (primary N) is 1. The Kier molecular flexibility index (Phi) is 17.7. The lowest BCUT2D eigenvalue weighted by Crippen LogP contribution is -2.45. The van der Waals surface area contributed by atoms with E-state index >= 15 is 0 Å². The maximum Gasteiger partial charge on any atom is 0.322 e. The Morgan fingerprint density at radius 1 is 1.14 bits per heavy atom. The molecule has 44 heavy (non-hydrogen) atoms. The predicted octanol–water partition coefficient (Wildman–Crippen LogP) is 0.852. The summed E-state index contributed by atoms with van der Waals surface area (Å²) in [5.41, 5.74) is 6.14. The Morgan fingerprint density at radius 3 is 2.55 bits per heavy atom. The molecule has 2 unspecified atom stereocenters. The van der Waals surface area contributed by atoms with Gasteiger partial charge in [0.25, 0.3) is 0 Å². The lowest BCUT2D eigenvalue weighted by Gasteiger charge is -2.22. The van der Waals surface area contributed by atoms with Gasteiger partial charge in [-0.05, 0) is 75.2 Å². The maximum absolute atomic E-state index is 13.2. The zero-order valence-electron chi connectivity index (χ0n) is 25.6.